The van der Waals surface area contributed by atoms with Crippen molar-refractivity contribution >= 4 is 23.6 Å². The molecule has 4 amide bonds. The van der Waals surface area contributed by atoms with Gasteiger partial charge in [-0.05, 0) is 122 Å². The first-order chi connectivity index (χ1) is 22.3. The number of hydrogen-bond acceptors (Lipinski definition) is 4. The number of hydrogen-bond donors (Lipinski definition) is 0. The summed E-state index contributed by atoms with van der Waals surface area (Å²) in [5, 5.41) is 0. The summed E-state index contributed by atoms with van der Waals surface area (Å²) in [5.41, 5.74) is 9.19. The van der Waals surface area contributed by atoms with E-state index in [1.54, 1.807) is 6.07 Å². The predicted molar refractivity (Wildman–Crippen MR) is 178 cm³/mol. The number of nitrogens with zero attached hydrogens (tertiary/aromatic N) is 2. The Morgan fingerprint density at radius 2 is 0.978 bits per heavy atom. The van der Waals surface area contributed by atoms with Crippen LogP contribution in [0.25, 0.3) is 11.1 Å². The van der Waals surface area contributed by atoms with Gasteiger partial charge in [-0.2, -0.15) is 0 Å². The molecule has 1 aliphatic carbocycles. The summed E-state index contributed by atoms with van der Waals surface area (Å²) in [4.78, 5) is 52.7. The van der Waals surface area contributed by atoms with Gasteiger partial charge in [-0.25, -0.2) is 0 Å². The van der Waals surface area contributed by atoms with E-state index in [2.05, 4.69) is 48.5 Å². The van der Waals surface area contributed by atoms with E-state index in [0.717, 1.165) is 48.8 Å². The zero-order valence-electron chi connectivity index (χ0n) is 26.4. The SMILES string of the molecule is CCN1C(=O)c2ccc(Cc3ccc(-c4ccc(C5CCC(Cc6ccc7c(c6)C(=O)N(CC)C7=O)CC5)cc4)cc3)cc2C1=O. The van der Waals surface area contributed by atoms with Crippen LogP contribution in [0.5, 0.6) is 0 Å². The second kappa shape index (κ2) is 12.2. The number of carbonyl (C=O) groups is 4. The highest BCUT2D eigenvalue weighted by atomic mass is 16.2. The topological polar surface area (TPSA) is 74.8 Å². The van der Waals surface area contributed by atoms with Crippen molar-refractivity contribution in [3.8, 4) is 11.1 Å². The predicted octanol–water partition coefficient (Wildman–Crippen LogP) is 7.69. The molecular weight excluding hydrogens is 572 g/mol. The second-order valence-electron chi connectivity index (χ2n) is 12.9. The normalized spacial score (nSPS) is 19.2. The van der Waals surface area contributed by atoms with Crippen LogP contribution >= 0.6 is 0 Å². The van der Waals surface area contributed by atoms with Crippen molar-refractivity contribution in [3.63, 3.8) is 0 Å². The Morgan fingerprint density at radius 3 is 1.52 bits per heavy atom. The Hall–Kier alpha value is -4.84. The molecule has 7 rings (SSSR count). The van der Waals surface area contributed by atoms with Crippen molar-refractivity contribution < 1.29 is 19.2 Å². The monoisotopic (exact) mass is 610 g/mol. The molecule has 0 aromatic heterocycles. The maximum atomic E-state index is 12.6. The van der Waals surface area contributed by atoms with E-state index in [0.29, 0.717) is 53.6 Å². The van der Waals surface area contributed by atoms with Gasteiger partial charge in [-0.3, -0.25) is 29.0 Å². The molecule has 232 valence electrons. The van der Waals surface area contributed by atoms with E-state index in [4.69, 9.17) is 0 Å². The van der Waals surface area contributed by atoms with Crippen molar-refractivity contribution in [1.29, 1.82) is 0 Å². The molecular formula is C40H38N2O4. The summed E-state index contributed by atoms with van der Waals surface area (Å²) in [5.74, 6) is 0.409. The number of imide groups is 2. The zero-order chi connectivity index (χ0) is 31.9. The quantitative estimate of drug-likeness (QED) is 0.192. The summed E-state index contributed by atoms with van der Waals surface area (Å²) in [6.45, 7) is 4.44. The van der Waals surface area contributed by atoms with Crippen LogP contribution in [-0.4, -0.2) is 46.5 Å². The lowest BCUT2D eigenvalue weighted by molar-refractivity contribution is 0.0647. The summed E-state index contributed by atoms with van der Waals surface area (Å²) in [7, 11) is 0. The van der Waals surface area contributed by atoms with Gasteiger partial charge in [0.1, 0.15) is 0 Å². The van der Waals surface area contributed by atoms with E-state index < -0.39 is 0 Å². The molecule has 0 unspecified atom stereocenters. The second-order valence-corrected chi connectivity index (χ2v) is 12.9. The molecule has 4 aromatic rings. The van der Waals surface area contributed by atoms with Gasteiger partial charge in [0, 0.05) is 13.1 Å². The lowest BCUT2D eigenvalue weighted by Gasteiger charge is -2.29. The van der Waals surface area contributed by atoms with E-state index in [-0.39, 0.29) is 23.6 Å². The van der Waals surface area contributed by atoms with E-state index >= 15 is 0 Å². The van der Waals surface area contributed by atoms with Gasteiger partial charge in [0.15, 0.2) is 0 Å². The minimum Gasteiger partial charge on any atom is -0.275 e. The molecule has 0 spiro atoms. The van der Waals surface area contributed by atoms with Crippen LogP contribution < -0.4 is 0 Å². The third-order valence-corrected chi connectivity index (χ3v) is 10.2. The minimum absolute atomic E-state index is 0.163. The number of amides is 4. The first-order valence-electron chi connectivity index (χ1n) is 16.5. The Kier molecular flexibility index (Phi) is 7.89. The fourth-order valence-electron chi connectivity index (χ4n) is 7.52. The molecule has 0 radical (unpaired) electrons. The van der Waals surface area contributed by atoms with E-state index in [1.807, 2.05) is 44.2 Å². The molecule has 0 saturated heterocycles. The Morgan fingerprint density at radius 1 is 0.522 bits per heavy atom. The fourth-order valence-corrected chi connectivity index (χ4v) is 7.52. The molecule has 46 heavy (non-hydrogen) atoms. The highest BCUT2D eigenvalue weighted by Crippen LogP contribution is 2.38. The molecule has 1 fully saturated rings. The van der Waals surface area contributed by atoms with Gasteiger partial charge >= 0.3 is 0 Å². The van der Waals surface area contributed by atoms with E-state index in [9.17, 15) is 19.2 Å². The molecule has 2 heterocycles. The first-order valence-corrected chi connectivity index (χ1v) is 16.5. The average Bonchev–Trinajstić information content (AvgIpc) is 3.47. The Balaban J connectivity index is 0.941. The molecule has 0 atom stereocenters. The van der Waals surface area contributed by atoms with Crippen LogP contribution in [0.1, 0.15) is 109 Å². The molecule has 0 bridgehead atoms. The van der Waals surface area contributed by atoms with E-state index in [1.165, 1.54) is 26.5 Å². The van der Waals surface area contributed by atoms with Crippen molar-refractivity contribution in [2.75, 3.05) is 13.1 Å². The average molecular weight is 611 g/mol. The number of carbonyl (C=O) groups excluding carboxylic acids is 4. The van der Waals surface area contributed by atoms with Crippen LogP contribution in [0.3, 0.4) is 0 Å². The summed E-state index contributed by atoms with van der Waals surface area (Å²) < 4.78 is 0. The third kappa shape index (κ3) is 5.36. The molecule has 1 saturated carbocycles. The van der Waals surface area contributed by atoms with Crippen molar-refractivity contribution in [2.45, 2.75) is 58.3 Å². The number of fused-ring (bicyclic) bond motifs is 2. The standard InChI is InChI=1S/C40H38N2O4/c1-3-41-37(43)33-19-9-27(23-35(33)39(41)45)21-25-5-11-29(12-6-25)31-15-17-32(18-16-31)30-13-7-26(8-14-30)22-28-10-20-34-36(24-28)40(46)42(4-2)38(34)44/h5-6,9-12,15-20,23-24,26,30H,3-4,7-8,13-14,21-22H2,1-2H3. The van der Waals surface area contributed by atoms with Crippen LogP contribution in [0.15, 0.2) is 84.9 Å². The number of benzene rings is 4. The molecule has 4 aromatic carbocycles. The summed E-state index contributed by atoms with van der Waals surface area (Å²) in [6, 6.07) is 29.0. The summed E-state index contributed by atoms with van der Waals surface area (Å²) in [6.07, 6.45) is 6.27. The van der Waals surface area contributed by atoms with Gasteiger partial charge in [0.2, 0.25) is 0 Å². The van der Waals surface area contributed by atoms with Crippen molar-refractivity contribution in [3.05, 3.63) is 129 Å². The van der Waals surface area contributed by atoms with Crippen LogP contribution in [0.2, 0.25) is 0 Å². The molecule has 6 heteroatoms. The lowest BCUT2D eigenvalue weighted by atomic mass is 9.76. The van der Waals surface area contributed by atoms with Crippen molar-refractivity contribution in [1.82, 2.24) is 9.80 Å². The van der Waals surface area contributed by atoms with Gasteiger partial charge in [-0.1, -0.05) is 60.7 Å². The van der Waals surface area contributed by atoms with Gasteiger partial charge < -0.3 is 0 Å². The minimum atomic E-state index is -0.202. The molecule has 3 aliphatic rings. The molecule has 0 N–H and O–H groups in total. The lowest BCUT2D eigenvalue weighted by Crippen LogP contribution is -2.29. The van der Waals surface area contributed by atoms with Gasteiger partial charge in [-0.15, -0.1) is 0 Å². The van der Waals surface area contributed by atoms with Crippen LogP contribution in [-0.2, 0) is 12.8 Å². The van der Waals surface area contributed by atoms with Crippen molar-refractivity contribution in [2.24, 2.45) is 5.92 Å². The Labute approximate surface area is 270 Å². The van der Waals surface area contributed by atoms with Crippen LogP contribution in [0.4, 0.5) is 0 Å². The zero-order valence-corrected chi connectivity index (χ0v) is 26.4. The highest BCUT2D eigenvalue weighted by molar-refractivity contribution is 6.22. The summed E-state index contributed by atoms with van der Waals surface area (Å²) >= 11 is 0. The van der Waals surface area contributed by atoms with Gasteiger partial charge in [0.25, 0.3) is 23.6 Å². The molecule has 6 nitrogen and oxygen atoms in total. The third-order valence-electron chi connectivity index (χ3n) is 10.2. The van der Waals surface area contributed by atoms with Crippen LogP contribution in [0, 0.1) is 5.92 Å². The fraction of sp³-hybridized carbons (Fsp3) is 0.300. The first kappa shape index (κ1) is 29.8. The van der Waals surface area contributed by atoms with Gasteiger partial charge in [0.05, 0.1) is 22.3 Å². The largest absolute Gasteiger partial charge is 0.275 e. The highest BCUT2D eigenvalue weighted by Gasteiger charge is 2.35. The molecule has 2 aliphatic heterocycles. The number of rotatable bonds is 8. The maximum Gasteiger partial charge on any atom is 0.261 e. The smallest absolute Gasteiger partial charge is 0.261 e. The Bertz CT molecular complexity index is 1850. The maximum absolute atomic E-state index is 12.6.